The van der Waals surface area contributed by atoms with Gasteiger partial charge in [0.25, 0.3) is 0 Å². The average Bonchev–Trinajstić information content (AvgIpc) is 1.82. The maximum absolute atomic E-state index is 10.3. The molecule has 0 unspecified atom stereocenters. The number of rotatable bonds is 4. The van der Waals surface area contributed by atoms with Crippen LogP contribution in [0.3, 0.4) is 0 Å². The fourth-order valence-electron chi connectivity index (χ4n) is 0.771. The Kier molecular flexibility index (Phi) is 4.63. The number of nitrogens with two attached hydrogens (primary N) is 1. The van der Waals surface area contributed by atoms with Gasteiger partial charge in [-0.1, -0.05) is 18.9 Å². The van der Waals surface area contributed by atoms with Crippen molar-refractivity contribution in [2.24, 2.45) is 5.73 Å². The molecule has 10 heavy (non-hydrogen) atoms. The Morgan fingerprint density at radius 2 is 2.20 bits per heavy atom. The number of allylic oxidation sites excluding steroid dienone is 1. The fourth-order valence-corrected chi connectivity index (χ4v) is 0.771. The van der Waals surface area contributed by atoms with Crippen molar-refractivity contribution in [2.45, 2.75) is 33.1 Å². The van der Waals surface area contributed by atoms with Crippen molar-refractivity contribution in [1.29, 1.82) is 0 Å². The molecule has 0 aromatic carbocycles. The highest BCUT2D eigenvalue weighted by Crippen LogP contribution is 2.04. The van der Waals surface area contributed by atoms with E-state index in [1.807, 2.05) is 6.92 Å². The molecule has 0 rings (SSSR count). The van der Waals surface area contributed by atoms with Crippen LogP contribution in [0.2, 0.25) is 0 Å². The van der Waals surface area contributed by atoms with Crippen LogP contribution in [0, 0.1) is 0 Å². The second-order valence-electron chi connectivity index (χ2n) is 2.50. The van der Waals surface area contributed by atoms with E-state index in [1.54, 1.807) is 0 Å². The monoisotopic (exact) mass is 141 g/mol. The third-order valence-electron chi connectivity index (χ3n) is 1.31. The van der Waals surface area contributed by atoms with E-state index in [0.717, 1.165) is 24.8 Å². The molecule has 0 aliphatic rings. The Morgan fingerprint density at radius 1 is 1.60 bits per heavy atom. The number of carbonyl (C=O) groups excluding carboxylic acids is 1. The van der Waals surface area contributed by atoms with Crippen molar-refractivity contribution in [3.05, 3.63) is 11.6 Å². The summed E-state index contributed by atoms with van der Waals surface area (Å²) in [6.07, 6.45) is 4.77. The summed E-state index contributed by atoms with van der Waals surface area (Å²) in [6, 6.07) is 0. The fraction of sp³-hybridized carbons (Fsp3) is 0.625. The number of amides is 1. The van der Waals surface area contributed by atoms with Crippen molar-refractivity contribution in [3.63, 3.8) is 0 Å². The summed E-state index contributed by atoms with van der Waals surface area (Å²) in [5.74, 6) is -0.339. The first-order chi connectivity index (χ1) is 4.66. The minimum Gasteiger partial charge on any atom is -0.366 e. The molecule has 2 N–H and O–H groups in total. The van der Waals surface area contributed by atoms with Crippen molar-refractivity contribution in [1.82, 2.24) is 0 Å². The molecular weight excluding hydrogens is 126 g/mol. The molecule has 0 atom stereocenters. The van der Waals surface area contributed by atoms with Crippen LogP contribution in [0.15, 0.2) is 11.6 Å². The lowest BCUT2D eigenvalue weighted by molar-refractivity contribution is -0.113. The van der Waals surface area contributed by atoms with E-state index in [2.05, 4.69) is 6.92 Å². The smallest absolute Gasteiger partial charge is 0.241 e. The van der Waals surface area contributed by atoms with Crippen LogP contribution >= 0.6 is 0 Å². The van der Waals surface area contributed by atoms with Gasteiger partial charge in [-0.25, -0.2) is 0 Å². The topological polar surface area (TPSA) is 43.1 Å². The number of hydrogen-bond acceptors (Lipinski definition) is 1. The minimum atomic E-state index is -0.339. The Bertz CT molecular complexity index is 138. The molecule has 0 radical (unpaired) electrons. The van der Waals surface area contributed by atoms with Gasteiger partial charge in [0.2, 0.25) is 5.91 Å². The van der Waals surface area contributed by atoms with Crippen LogP contribution in [-0.2, 0) is 4.79 Å². The molecule has 1 amide bonds. The van der Waals surface area contributed by atoms with Gasteiger partial charge in [-0.05, 0) is 19.8 Å². The molecule has 58 valence electrons. The molecule has 2 heteroatoms. The molecule has 0 bridgehead atoms. The summed E-state index contributed by atoms with van der Waals surface area (Å²) in [7, 11) is 0. The Balaban J connectivity index is 3.60. The molecule has 0 aromatic rings. The first-order valence-electron chi connectivity index (χ1n) is 3.63. The quantitative estimate of drug-likeness (QED) is 0.594. The largest absolute Gasteiger partial charge is 0.366 e. The minimum absolute atomic E-state index is 0.339. The van der Waals surface area contributed by atoms with Crippen molar-refractivity contribution < 1.29 is 4.79 Å². The summed E-state index contributed by atoms with van der Waals surface area (Å²) in [5.41, 5.74) is 6.03. The highest BCUT2D eigenvalue weighted by Gasteiger charge is 1.90. The molecule has 0 spiro atoms. The first kappa shape index (κ1) is 9.21. The summed E-state index contributed by atoms with van der Waals surface area (Å²) in [5, 5.41) is 0. The maximum atomic E-state index is 10.3. The van der Waals surface area contributed by atoms with Crippen molar-refractivity contribution >= 4 is 5.91 Å². The van der Waals surface area contributed by atoms with Gasteiger partial charge in [-0.15, -0.1) is 0 Å². The number of primary amides is 1. The molecule has 0 saturated heterocycles. The van der Waals surface area contributed by atoms with Gasteiger partial charge in [0, 0.05) is 6.08 Å². The van der Waals surface area contributed by atoms with E-state index < -0.39 is 0 Å². The normalized spacial score (nSPS) is 11.6. The number of carbonyl (C=O) groups is 1. The molecule has 0 saturated carbocycles. The van der Waals surface area contributed by atoms with E-state index in [-0.39, 0.29) is 5.91 Å². The lowest BCUT2D eigenvalue weighted by atomic mass is 10.1. The van der Waals surface area contributed by atoms with E-state index in [4.69, 9.17) is 5.73 Å². The second-order valence-corrected chi connectivity index (χ2v) is 2.50. The number of unbranched alkanes of at least 4 members (excludes halogenated alkanes) is 1. The SMILES string of the molecule is CCCC/C(C)=C/C(N)=O. The molecule has 0 fully saturated rings. The molecule has 0 aliphatic heterocycles. The average molecular weight is 141 g/mol. The van der Waals surface area contributed by atoms with Gasteiger partial charge in [0.15, 0.2) is 0 Å². The predicted octanol–water partition coefficient (Wildman–Crippen LogP) is 1.61. The Hall–Kier alpha value is -0.790. The van der Waals surface area contributed by atoms with Crippen LogP contribution in [0.4, 0.5) is 0 Å². The molecule has 0 aliphatic carbocycles. The molecule has 0 aromatic heterocycles. The van der Waals surface area contributed by atoms with Crippen LogP contribution in [0.25, 0.3) is 0 Å². The highest BCUT2D eigenvalue weighted by atomic mass is 16.1. The summed E-state index contributed by atoms with van der Waals surface area (Å²) in [4.78, 5) is 10.3. The standard InChI is InChI=1S/C8H15NO/c1-3-4-5-7(2)6-8(9)10/h6H,3-5H2,1-2H3,(H2,9,10)/b7-6+. The van der Waals surface area contributed by atoms with Gasteiger partial charge in [-0.3, -0.25) is 4.79 Å². The zero-order valence-corrected chi connectivity index (χ0v) is 6.68. The molecular formula is C8H15NO. The maximum Gasteiger partial charge on any atom is 0.241 e. The van der Waals surface area contributed by atoms with Crippen LogP contribution in [-0.4, -0.2) is 5.91 Å². The summed E-state index contributed by atoms with van der Waals surface area (Å²) in [6.45, 7) is 4.05. The molecule has 2 nitrogen and oxygen atoms in total. The van der Waals surface area contributed by atoms with Crippen LogP contribution in [0.1, 0.15) is 33.1 Å². The van der Waals surface area contributed by atoms with E-state index in [0.29, 0.717) is 0 Å². The summed E-state index contributed by atoms with van der Waals surface area (Å²) >= 11 is 0. The Morgan fingerprint density at radius 3 is 2.60 bits per heavy atom. The first-order valence-corrected chi connectivity index (χ1v) is 3.63. The second kappa shape index (κ2) is 5.03. The third-order valence-corrected chi connectivity index (χ3v) is 1.31. The van der Waals surface area contributed by atoms with Gasteiger partial charge < -0.3 is 5.73 Å². The Labute approximate surface area is 62.1 Å². The van der Waals surface area contributed by atoms with Crippen LogP contribution < -0.4 is 5.73 Å². The van der Waals surface area contributed by atoms with Crippen molar-refractivity contribution in [2.75, 3.05) is 0 Å². The summed E-state index contributed by atoms with van der Waals surface area (Å²) < 4.78 is 0. The number of hydrogen-bond donors (Lipinski definition) is 1. The van der Waals surface area contributed by atoms with E-state index >= 15 is 0 Å². The van der Waals surface area contributed by atoms with E-state index in [9.17, 15) is 4.79 Å². The van der Waals surface area contributed by atoms with Gasteiger partial charge in [0.05, 0.1) is 0 Å². The third kappa shape index (κ3) is 5.35. The molecule has 0 heterocycles. The lowest BCUT2D eigenvalue weighted by Gasteiger charge is -1.95. The van der Waals surface area contributed by atoms with Gasteiger partial charge >= 0.3 is 0 Å². The van der Waals surface area contributed by atoms with Gasteiger partial charge in [-0.2, -0.15) is 0 Å². The predicted molar refractivity (Wildman–Crippen MR) is 42.5 cm³/mol. The zero-order chi connectivity index (χ0) is 7.98. The van der Waals surface area contributed by atoms with Crippen LogP contribution in [0.5, 0.6) is 0 Å². The van der Waals surface area contributed by atoms with E-state index in [1.165, 1.54) is 6.08 Å². The van der Waals surface area contributed by atoms with Gasteiger partial charge in [0.1, 0.15) is 0 Å². The van der Waals surface area contributed by atoms with Crippen molar-refractivity contribution in [3.8, 4) is 0 Å². The highest BCUT2D eigenvalue weighted by molar-refractivity contribution is 5.86. The zero-order valence-electron chi connectivity index (χ0n) is 6.68. The lowest BCUT2D eigenvalue weighted by Crippen LogP contribution is -2.06.